The second-order valence-electron chi connectivity index (χ2n) is 5.47. The van der Waals surface area contributed by atoms with Crippen LogP contribution in [0.2, 0.25) is 10.0 Å². The second kappa shape index (κ2) is 7.15. The van der Waals surface area contributed by atoms with Crippen molar-refractivity contribution < 1.29 is 4.79 Å². The fourth-order valence-electron chi connectivity index (χ4n) is 2.58. The molecule has 1 amide bonds. The van der Waals surface area contributed by atoms with E-state index in [0.29, 0.717) is 27.2 Å². The van der Waals surface area contributed by atoms with E-state index in [1.54, 1.807) is 18.2 Å². The SMILES string of the molecule is O=C(NC1CCCC1)c1cnc(Nc2c(Cl)cccc2Cl)nc1. The first-order chi connectivity index (χ1) is 11.1. The third kappa shape index (κ3) is 3.92. The molecule has 3 rings (SSSR count). The van der Waals surface area contributed by atoms with Gasteiger partial charge in [-0.1, -0.05) is 42.1 Å². The van der Waals surface area contributed by atoms with E-state index in [1.807, 2.05) is 0 Å². The van der Waals surface area contributed by atoms with Gasteiger partial charge in [0.25, 0.3) is 5.91 Å². The molecule has 0 radical (unpaired) electrons. The Hall–Kier alpha value is -1.85. The lowest BCUT2D eigenvalue weighted by Crippen LogP contribution is -2.32. The maximum absolute atomic E-state index is 12.1. The largest absolute Gasteiger partial charge is 0.349 e. The average molecular weight is 351 g/mol. The van der Waals surface area contributed by atoms with Gasteiger partial charge in [0.1, 0.15) is 0 Å². The van der Waals surface area contributed by atoms with Crippen LogP contribution >= 0.6 is 23.2 Å². The Balaban J connectivity index is 1.68. The first kappa shape index (κ1) is 16.0. The lowest BCUT2D eigenvalue weighted by atomic mass is 10.2. The maximum Gasteiger partial charge on any atom is 0.254 e. The number of amides is 1. The molecular weight excluding hydrogens is 335 g/mol. The van der Waals surface area contributed by atoms with Gasteiger partial charge in [0.05, 0.1) is 21.3 Å². The van der Waals surface area contributed by atoms with Gasteiger partial charge in [-0.2, -0.15) is 0 Å². The Morgan fingerprint density at radius 1 is 1.09 bits per heavy atom. The van der Waals surface area contributed by atoms with Gasteiger partial charge in [-0.25, -0.2) is 9.97 Å². The number of carbonyl (C=O) groups excluding carboxylic acids is 1. The van der Waals surface area contributed by atoms with Crippen LogP contribution in [0.1, 0.15) is 36.0 Å². The zero-order chi connectivity index (χ0) is 16.2. The van der Waals surface area contributed by atoms with E-state index in [4.69, 9.17) is 23.2 Å². The Bertz CT molecular complexity index is 679. The average Bonchev–Trinajstić information content (AvgIpc) is 3.04. The molecule has 0 bridgehead atoms. The number of hydrogen-bond donors (Lipinski definition) is 2. The standard InChI is InChI=1S/C16H16Cl2N4O/c17-12-6-3-7-13(18)14(12)22-16-19-8-10(9-20-16)15(23)21-11-4-1-2-5-11/h3,6-9,11H,1-2,4-5H2,(H,21,23)(H,19,20,22). The van der Waals surface area contributed by atoms with Crippen molar-refractivity contribution in [2.45, 2.75) is 31.7 Å². The van der Waals surface area contributed by atoms with Crippen molar-refractivity contribution in [2.75, 3.05) is 5.32 Å². The van der Waals surface area contributed by atoms with E-state index in [2.05, 4.69) is 20.6 Å². The molecule has 1 aliphatic carbocycles. The number of rotatable bonds is 4. The van der Waals surface area contributed by atoms with Crippen molar-refractivity contribution in [1.82, 2.24) is 15.3 Å². The van der Waals surface area contributed by atoms with Crippen LogP contribution in [0.25, 0.3) is 0 Å². The quantitative estimate of drug-likeness (QED) is 0.866. The van der Waals surface area contributed by atoms with Gasteiger partial charge in [-0.05, 0) is 25.0 Å². The molecular formula is C16H16Cl2N4O. The van der Waals surface area contributed by atoms with E-state index in [9.17, 15) is 4.79 Å². The monoisotopic (exact) mass is 350 g/mol. The normalized spacial score (nSPS) is 14.7. The fraction of sp³-hybridized carbons (Fsp3) is 0.312. The van der Waals surface area contributed by atoms with Crippen LogP contribution in [-0.4, -0.2) is 21.9 Å². The van der Waals surface area contributed by atoms with Gasteiger partial charge in [0, 0.05) is 18.4 Å². The van der Waals surface area contributed by atoms with Crippen molar-refractivity contribution in [3.8, 4) is 0 Å². The molecule has 2 N–H and O–H groups in total. The van der Waals surface area contributed by atoms with Gasteiger partial charge in [0.2, 0.25) is 5.95 Å². The molecule has 1 aromatic carbocycles. The molecule has 0 spiro atoms. The minimum Gasteiger partial charge on any atom is -0.349 e. The summed E-state index contributed by atoms with van der Waals surface area (Å²) in [5.74, 6) is 0.191. The van der Waals surface area contributed by atoms with E-state index >= 15 is 0 Å². The molecule has 120 valence electrons. The van der Waals surface area contributed by atoms with Gasteiger partial charge in [-0.3, -0.25) is 4.79 Å². The third-order valence-electron chi connectivity index (χ3n) is 3.80. The van der Waals surface area contributed by atoms with Crippen LogP contribution in [0, 0.1) is 0 Å². The highest BCUT2D eigenvalue weighted by molar-refractivity contribution is 6.39. The number of benzene rings is 1. The minimum absolute atomic E-state index is 0.140. The van der Waals surface area contributed by atoms with Crippen molar-refractivity contribution in [3.63, 3.8) is 0 Å². The molecule has 1 aliphatic rings. The zero-order valence-corrected chi connectivity index (χ0v) is 13.9. The maximum atomic E-state index is 12.1. The number of nitrogens with one attached hydrogen (secondary N) is 2. The van der Waals surface area contributed by atoms with Crippen molar-refractivity contribution in [1.29, 1.82) is 0 Å². The summed E-state index contributed by atoms with van der Waals surface area (Å²) in [7, 11) is 0. The molecule has 1 fully saturated rings. The van der Waals surface area contributed by atoms with E-state index < -0.39 is 0 Å². The Labute approximate surface area is 144 Å². The topological polar surface area (TPSA) is 66.9 Å². The number of hydrogen-bond acceptors (Lipinski definition) is 4. The molecule has 0 atom stereocenters. The highest BCUT2D eigenvalue weighted by Crippen LogP contribution is 2.31. The van der Waals surface area contributed by atoms with Crippen LogP contribution in [0.4, 0.5) is 11.6 Å². The van der Waals surface area contributed by atoms with Gasteiger partial charge in [0.15, 0.2) is 0 Å². The first-order valence-corrected chi connectivity index (χ1v) is 8.23. The van der Waals surface area contributed by atoms with E-state index in [0.717, 1.165) is 12.8 Å². The molecule has 1 saturated carbocycles. The third-order valence-corrected chi connectivity index (χ3v) is 4.43. The number of aromatic nitrogens is 2. The molecule has 23 heavy (non-hydrogen) atoms. The number of nitrogens with zero attached hydrogens (tertiary/aromatic N) is 2. The van der Waals surface area contributed by atoms with Crippen LogP contribution in [0.15, 0.2) is 30.6 Å². The smallest absolute Gasteiger partial charge is 0.254 e. The molecule has 0 unspecified atom stereocenters. The lowest BCUT2D eigenvalue weighted by molar-refractivity contribution is 0.0937. The Morgan fingerprint density at radius 2 is 1.70 bits per heavy atom. The number of anilines is 2. The summed E-state index contributed by atoms with van der Waals surface area (Å²) >= 11 is 12.2. The molecule has 5 nitrogen and oxygen atoms in total. The summed E-state index contributed by atoms with van der Waals surface area (Å²) in [6.07, 6.45) is 7.40. The van der Waals surface area contributed by atoms with Crippen molar-refractivity contribution in [2.24, 2.45) is 0 Å². The van der Waals surface area contributed by atoms with Crippen LogP contribution in [0.3, 0.4) is 0 Å². The summed E-state index contributed by atoms with van der Waals surface area (Å²) < 4.78 is 0. The number of carbonyl (C=O) groups is 1. The Kier molecular flexibility index (Phi) is 4.98. The van der Waals surface area contributed by atoms with Crippen LogP contribution in [-0.2, 0) is 0 Å². The number of para-hydroxylation sites is 1. The van der Waals surface area contributed by atoms with Gasteiger partial charge >= 0.3 is 0 Å². The lowest BCUT2D eigenvalue weighted by Gasteiger charge is -2.12. The second-order valence-corrected chi connectivity index (χ2v) is 6.29. The molecule has 0 saturated heterocycles. The van der Waals surface area contributed by atoms with E-state index in [-0.39, 0.29) is 11.9 Å². The summed E-state index contributed by atoms with van der Waals surface area (Å²) in [6.45, 7) is 0. The molecule has 2 aromatic rings. The highest BCUT2D eigenvalue weighted by atomic mass is 35.5. The minimum atomic E-state index is -0.140. The summed E-state index contributed by atoms with van der Waals surface area (Å²) in [6, 6.07) is 5.47. The predicted molar refractivity (Wildman–Crippen MR) is 91.5 cm³/mol. The first-order valence-electron chi connectivity index (χ1n) is 7.47. The van der Waals surface area contributed by atoms with Gasteiger partial charge in [-0.15, -0.1) is 0 Å². The summed E-state index contributed by atoms with van der Waals surface area (Å²) in [4.78, 5) is 20.4. The van der Waals surface area contributed by atoms with Crippen molar-refractivity contribution >= 4 is 40.7 Å². The molecule has 7 heteroatoms. The Morgan fingerprint density at radius 3 is 2.30 bits per heavy atom. The predicted octanol–water partition coefficient (Wildman–Crippen LogP) is 4.20. The van der Waals surface area contributed by atoms with Crippen molar-refractivity contribution in [3.05, 3.63) is 46.2 Å². The highest BCUT2D eigenvalue weighted by Gasteiger charge is 2.18. The molecule has 0 aliphatic heterocycles. The van der Waals surface area contributed by atoms with E-state index in [1.165, 1.54) is 25.2 Å². The molecule has 1 aromatic heterocycles. The summed E-state index contributed by atoms with van der Waals surface area (Å²) in [5.41, 5.74) is 0.978. The van der Waals surface area contributed by atoms with Crippen LogP contribution in [0.5, 0.6) is 0 Å². The molecule has 1 heterocycles. The van der Waals surface area contributed by atoms with Gasteiger partial charge < -0.3 is 10.6 Å². The fourth-order valence-corrected chi connectivity index (χ4v) is 3.07. The zero-order valence-electron chi connectivity index (χ0n) is 12.4. The number of halogens is 2. The summed E-state index contributed by atoms with van der Waals surface area (Å²) in [5, 5.41) is 6.92. The van der Waals surface area contributed by atoms with Crippen LogP contribution < -0.4 is 10.6 Å².